The van der Waals surface area contributed by atoms with Crippen molar-refractivity contribution in [1.29, 1.82) is 5.26 Å². The largest absolute Gasteiger partial charge is 0.369 e. The van der Waals surface area contributed by atoms with Gasteiger partial charge in [0.05, 0.1) is 23.5 Å². The van der Waals surface area contributed by atoms with Crippen LogP contribution in [0.2, 0.25) is 0 Å². The van der Waals surface area contributed by atoms with Crippen LogP contribution in [0, 0.1) is 11.3 Å². The van der Waals surface area contributed by atoms with E-state index < -0.39 is 0 Å². The molecule has 130 valence electrons. The SMILES string of the molecule is CCn1nc2c(c1C(=O)NCc1cncc(C#N)c1)C[C@H](C)O[C@@H]2C. The Morgan fingerprint density at radius 3 is 3.00 bits per heavy atom. The van der Waals surface area contributed by atoms with Gasteiger partial charge >= 0.3 is 0 Å². The quantitative estimate of drug-likeness (QED) is 0.921. The highest BCUT2D eigenvalue weighted by atomic mass is 16.5. The lowest BCUT2D eigenvalue weighted by molar-refractivity contribution is -0.00712. The predicted octanol–water partition coefficient (Wildman–Crippen LogP) is 2.12. The fourth-order valence-corrected chi connectivity index (χ4v) is 3.19. The molecule has 0 saturated carbocycles. The van der Waals surface area contributed by atoms with E-state index in [4.69, 9.17) is 10.00 Å². The normalized spacial score (nSPS) is 19.1. The minimum atomic E-state index is -0.167. The summed E-state index contributed by atoms with van der Waals surface area (Å²) in [5, 5.41) is 16.4. The topological polar surface area (TPSA) is 92.8 Å². The lowest BCUT2D eigenvalue weighted by Gasteiger charge is -2.24. The van der Waals surface area contributed by atoms with Crippen molar-refractivity contribution in [3.05, 3.63) is 46.5 Å². The summed E-state index contributed by atoms with van der Waals surface area (Å²) < 4.78 is 7.55. The van der Waals surface area contributed by atoms with Crippen LogP contribution in [0.4, 0.5) is 0 Å². The zero-order valence-electron chi connectivity index (χ0n) is 14.6. The van der Waals surface area contributed by atoms with Crippen molar-refractivity contribution in [3.63, 3.8) is 0 Å². The highest BCUT2D eigenvalue weighted by Gasteiger charge is 2.31. The highest BCUT2D eigenvalue weighted by Crippen LogP contribution is 2.31. The number of carbonyl (C=O) groups excluding carboxylic acids is 1. The molecule has 0 spiro atoms. The second-order valence-electron chi connectivity index (χ2n) is 6.20. The summed E-state index contributed by atoms with van der Waals surface area (Å²) in [6.45, 7) is 6.85. The van der Waals surface area contributed by atoms with E-state index in [0.717, 1.165) is 16.8 Å². The number of ether oxygens (including phenoxy) is 1. The Morgan fingerprint density at radius 1 is 1.48 bits per heavy atom. The summed E-state index contributed by atoms with van der Waals surface area (Å²) in [6.07, 6.45) is 3.76. The zero-order valence-corrected chi connectivity index (χ0v) is 14.6. The average Bonchev–Trinajstić information content (AvgIpc) is 2.98. The van der Waals surface area contributed by atoms with Crippen molar-refractivity contribution in [1.82, 2.24) is 20.1 Å². The summed E-state index contributed by atoms with van der Waals surface area (Å²) >= 11 is 0. The van der Waals surface area contributed by atoms with Crippen LogP contribution in [0.25, 0.3) is 0 Å². The van der Waals surface area contributed by atoms with Crippen molar-refractivity contribution < 1.29 is 9.53 Å². The lowest BCUT2D eigenvalue weighted by Crippen LogP contribution is -2.28. The number of hydrogen-bond acceptors (Lipinski definition) is 5. The molecule has 1 aliphatic heterocycles. The molecule has 1 amide bonds. The lowest BCUT2D eigenvalue weighted by atomic mass is 9.99. The summed E-state index contributed by atoms with van der Waals surface area (Å²) in [6, 6.07) is 3.77. The molecule has 0 aliphatic carbocycles. The molecule has 7 nitrogen and oxygen atoms in total. The molecule has 0 unspecified atom stereocenters. The van der Waals surface area contributed by atoms with Gasteiger partial charge in [-0.2, -0.15) is 10.4 Å². The summed E-state index contributed by atoms with van der Waals surface area (Å²) in [5.41, 5.74) is 3.67. The van der Waals surface area contributed by atoms with Crippen LogP contribution < -0.4 is 5.32 Å². The Hall–Kier alpha value is -2.72. The van der Waals surface area contributed by atoms with Crippen LogP contribution in [0.3, 0.4) is 0 Å². The first-order chi connectivity index (χ1) is 12.0. The first-order valence-corrected chi connectivity index (χ1v) is 8.40. The molecule has 0 saturated heterocycles. The van der Waals surface area contributed by atoms with E-state index in [9.17, 15) is 4.79 Å². The van der Waals surface area contributed by atoms with Crippen LogP contribution in [-0.2, 0) is 24.2 Å². The highest BCUT2D eigenvalue weighted by molar-refractivity contribution is 5.94. The standard InChI is InChI=1S/C18H21N5O2/c1-4-23-17(15-5-11(2)25-12(3)16(15)22-23)18(24)21-10-14-6-13(7-19)8-20-9-14/h6,8-9,11-12H,4-5,10H2,1-3H3,(H,21,24)/t11-,12+/m0/s1. The van der Waals surface area contributed by atoms with Gasteiger partial charge in [0, 0.05) is 37.5 Å². The smallest absolute Gasteiger partial charge is 0.270 e. The summed E-state index contributed by atoms with van der Waals surface area (Å²) in [4.78, 5) is 16.8. The van der Waals surface area contributed by atoms with Crippen LogP contribution in [0.5, 0.6) is 0 Å². The van der Waals surface area contributed by atoms with Gasteiger partial charge in [0.2, 0.25) is 0 Å². The number of nitrogens with zero attached hydrogens (tertiary/aromatic N) is 4. The fourth-order valence-electron chi connectivity index (χ4n) is 3.19. The molecule has 2 aromatic rings. The maximum atomic E-state index is 12.8. The van der Waals surface area contributed by atoms with Crippen molar-refractivity contribution in [3.8, 4) is 6.07 Å². The molecule has 25 heavy (non-hydrogen) atoms. The van der Waals surface area contributed by atoms with E-state index in [1.807, 2.05) is 26.8 Å². The molecule has 0 radical (unpaired) electrons. The van der Waals surface area contributed by atoms with Crippen molar-refractivity contribution >= 4 is 5.91 Å². The van der Waals surface area contributed by atoms with Crippen molar-refractivity contribution in [2.45, 2.75) is 52.5 Å². The fraction of sp³-hybridized carbons (Fsp3) is 0.444. The van der Waals surface area contributed by atoms with Crippen LogP contribution in [0.1, 0.15) is 59.7 Å². The van der Waals surface area contributed by atoms with Gasteiger partial charge in [-0.05, 0) is 32.4 Å². The molecule has 2 atom stereocenters. The number of hydrogen-bond donors (Lipinski definition) is 1. The molecular formula is C18H21N5O2. The summed E-state index contributed by atoms with van der Waals surface area (Å²) in [7, 11) is 0. The first kappa shape index (κ1) is 17.1. The summed E-state index contributed by atoms with van der Waals surface area (Å²) in [5.74, 6) is -0.167. The number of fused-ring (bicyclic) bond motifs is 1. The number of aryl methyl sites for hydroxylation is 1. The number of carbonyl (C=O) groups is 1. The molecule has 1 aliphatic rings. The second-order valence-corrected chi connectivity index (χ2v) is 6.20. The van der Waals surface area contributed by atoms with E-state index in [0.29, 0.717) is 30.8 Å². The third-order valence-corrected chi connectivity index (χ3v) is 4.29. The van der Waals surface area contributed by atoms with Gasteiger partial charge in [0.25, 0.3) is 5.91 Å². The van der Waals surface area contributed by atoms with Crippen molar-refractivity contribution in [2.24, 2.45) is 0 Å². The van der Waals surface area contributed by atoms with Crippen LogP contribution >= 0.6 is 0 Å². The van der Waals surface area contributed by atoms with E-state index in [1.54, 1.807) is 16.9 Å². The van der Waals surface area contributed by atoms with Gasteiger partial charge in [-0.25, -0.2) is 0 Å². The second kappa shape index (κ2) is 7.03. The molecule has 0 fully saturated rings. The molecule has 3 heterocycles. The maximum Gasteiger partial charge on any atom is 0.270 e. The molecule has 0 bridgehead atoms. The van der Waals surface area contributed by atoms with E-state index in [-0.39, 0.29) is 18.1 Å². The Morgan fingerprint density at radius 2 is 2.28 bits per heavy atom. The Balaban J connectivity index is 1.83. The number of rotatable bonds is 4. The van der Waals surface area contributed by atoms with Gasteiger partial charge in [-0.3, -0.25) is 14.5 Å². The molecule has 0 aromatic carbocycles. The number of nitriles is 1. The third-order valence-electron chi connectivity index (χ3n) is 4.29. The minimum absolute atomic E-state index is 0.0556. The van der Waals surface area contributed by atoms with E-state index >= 15 is 0 Å². The Kier molecular flexibility index (Phi) is 4.81. The predicted molar refractivity (Wildman–Crippen MR) is 90.7 cm³/mol. The van der Waals surface area contributed by atoms with E-state index in [1.165, 1.54) is 6.20 Å². The van der Waals surface area contributed by atoms with Gasteiger partial charge in [0.1, 0.15) is 11.8 Å². The monoisotopic (exact) mass is 339 g/mol. The van der Waals surface area contributed by atoms with Crippen LogP contribution in [-0.4, -0.2) is 26.8 Å². The van der Waals surface area contributed by atoms with Crippen molar-refractivity contribution in [2.75, 3.05) is 0 Å². The van der Waals surface area contributed by atoms with Gasteiger partial charge in [-0.15, -0.1) is 0 Å². The number of nitrogens with one attached hydrogen (secondary N) is 1. The number of pyridine rings is 1. The number of aromatic nitrogens is 3. The minimum Gasteiger partial charge on any atom is -0.369 e. The van der Waals surface area contributed by atoms with Crippen LogP contribution in [0.15, 0.2) is 18.5 Å². The Bertz CT molecular complexity index is 836. The Labute approximate surface area is 146 Å². The molecule has 7 heteroatoms. The van der Waals surface area contributed by atoms with Gasteiger partial charge < -0.3 is 10.1 Å². The van der Waals surface area contributed by atoms with Gasteiger partial charge in [0.15, 0.2) is 0 Å². The molecule has 2 aromatic heterocycles. The third kappa shape index (κ3) is 3.39. The number of amides is 1. The maximum absolute atomic E-state index is 12.8. The zero-order chi connectivity index (χ0) is 18.0. The molecule has 1 N–H and O–H groups in total. The average molecular weight is 339 g/mol. The molecular weight excluding hydrogens is 318 g/mol. The first-order valence-electron chi connectivity index (χ1n) is 8.40. The van der Waals surface area contributed by atoms with Gasteiger partial charge in [-0.1, -0.05) is 0 Å². The molecule has 3 rings (SSSR count). The van der Waals surface area contributed by atoms with E-state index in [2.05, 4.69) is 15.4 Å².